The van der Waals surface area contributed by atoms with Crippen molar-refractivity contribution in [3.05, 3.63) is 0 Å². The Balaban J connectivity index is 1.62. The second kappa shape index (κ2) is 8.63. The zero-order valence-corrected chi connectivity index (χ0v) is 12.8. The van der Waals surface area contributed by atoms with Crippen LogP contribution in [-0.2, 0) is 4.79 Å². The monoisotopic (exact) mass is 281 g/mol. The smallest absolute Gasteiger partial charge is 0.221 e. The van der Waals surface area contributed by atoms with Gasteiger partial charge in [-0.15, -0.1) is 0 Å². The number of rotatable bonds is 6. The Morgan fingerprint density at radius 2 is 1.95 bits per heavy atom. The molecule has 3 N–H and O–H groups in total. The number of carbonyl (C=O) groups excluding carboxylic acids is 1. The van der Waals surface area contributed by atoms with E-state index in [-0.39, 0.29) is 5.91 Å². The van der Waals surface area contributed by atoms with Gasteiger partial charge in [0.1, 0.15) is 0 Å². The first-order chi connectivity index (χ1) is 9.78. The zero-order chi connectivity index (χ0) is 14.2. The molecular weight excluding hydrogens is 250 g/mol. The summed E-state index contributed by atoms with van der Waals surface area (Å²) in [5, 5.41) is 3.21. The van der Waals surface area contributed by atoms with Gasteiger partial charge in [-0.2, -0.15) is 0 Å². The molecule has 0 aromatic rings. The molecule has 1 aliphatic heterocycles. The minimum absolute atomic E-state index is 0.248. The van der Waals surface area contributed by atoms with Gasteiger partial charge in [-0.3, -0.25) is 4.79 Å². The van der Waals surface area contributed by atoms with Crippen LogP contribution in [0.4, 0.5) is 0 Å². The number of hydrogen-bond acceptors (Lipinski definition) is 3. The van der Waals surface area contributed by atoms with E-state index in [1.54, 1.807) is 0 Å². The molecule has 1 amide bonds. The molecule has 1 aliphatic carbocycles. The summed E-state index contributed by atoms with van der Waals surface area (Å²) in [6.07, 6.45) is 10.6. The summed E-state index contributed by atoms with van der Waals surface area (Å²) in [7, 11) is 0. The Bertz CT molecular complexity index is 287. The maximum absolute atomic E-state index is 12.0. The Morgan fingerprint density at radius 1 is 1.15 bits per heavy atom. The number of carbonyl (C=O) groups is 1. The van der Waals surface area contributed by atoms with Gasteiger partial charge in [-0.05, 0) is 51.1 Å². The minimum atomic E-state index is 0.248. The van der Waals surface area contributed by atoms with Gasteiger partial charge in [0.05, 0.1) is 0 Å². The topological polar surface area (TPSA) is 58.4 Å². The Kier molecular flexibility index (Phi) is 6.80. The molecule has 1 saturated heterocycles. The third-order valence-electron chi connectivity index (χ3n) is 4.80. The van der Waals surface area contributed by atoms with E-state index >= 15 is 0 Å². The summed E-state index contributed by atoms with van der Waals surface area (Å²) >= 11 is 0. The molecule has 0 spiro atoms. The summed E-state index contributed by atoms with van der Waals surface area (Å²) in [5.41, 5.74) is 5.65. The molecule has 2 rings (SSSR count). The van der Waals surface area contributed by atoms with E-state index in [2.05, 4.69) is 10.2 Å². The van der Waals surface area contributed by atoms with Crippen molar-refractivity contribution in [2.24, 2.45) is 11.7 Å². The van der Waals surface area contributed by atoms with E-state index in [4.69, 9.17) is 5.73 Å². The van der Waals surface area contributed by atoms with Crippen molar-refractivity contribution < 1.29 is 4.79 Å². The number of nitrogens with two attached hydrogens (primary N) is 1. The maximum atomic E-state index is 12.0. The maximum Gasteiger partial charge on any atom is 0.221 e. The van der Waals surface area contributed by atoms with Crippen LogP contribution in [0.1, 0.15) is 57.8 Å². The molecule has 1 unspecified atom stereocenters. The first-order valence-corrected chi connectivity index (χ1v) is 8.49. The number of likely N-dealkylation sites (tertiary alicyclic amines) is 1. The van der Waals surface area contributed by atoms with Gasteiger partial charge in [0, 0.05) is 25.6 Å². The fourth-order valence-corrected chi connectivity index (χ4v) is 3.63. The summed E-state index contributed by atoms with van der Waals surface area (Å²) in [6, 6.07) is 0.447. The number of nitrogens with zero attached hydrogens (tertiary/aromatic N) is 1. The lowest BCUT2D eigenvalue weighted by Gasteiger charge is -2.32. The third kappa shape index (κ3) is 5.41. The van der Waals surface area contributed by atoms with Crippen LogP contribution in [0.2, 0.25) is 0 Å². The first-order valence-electron chi connectivity index (χ1n) is 8.49. The number of nitrogens with one attached hydrogen (secondary N) is 1. The minimum Gasteiger partial charge on any atom is -0.353 e. The predicted octanol–water partition coefficient (Wildman–Crippen LogP) is 1.89. The molecule has 0 aromatic carbocycles. The largest absolute Gasteiger partial charge is 0.353 e. The summed E-state index contributed by atoms with van der Waals surface area (Å²) in [5.74, 6) is 0.994. The van der Waals surface area contributed by atoms with Crippen LogP contribution in [0, 0.1) is 5.92 Å². The van der Waals surface area contributed by atoms with Gasteiger partial charge in [0.15, 0.2) is 0 Å². The second-order valence-corrected chi connectivity index (χ2v) is 6.54. The molecule has 20 heavy (non-hydrogen) atoms. The van der Waals surface area contributed by atoms with E-state index in [0.717, 1.165) is 38.5 Å². The van der Waals surface area contributed by atoms with E-state index in [0.29, 0.717) is 12.5 Å². The van der Waals surface area contributed by atoms with E-state index in [9.17, 15) is 4.79 Å². The molecule has 1 heterocycles. The normalized spacial score (nSPS) is 25.6. The van der Waals surface area contributed by atoms with Gasteiger partial charge in [0.25, 0.3) is 0 Å². The molecule has 0 radical (unpaired) electrons. The average Bonchev–Trinajstić information content (AvgIpc) is 2.47. The lowest BCUT2D eigenvalue weighted by Crippen LogP contribution is -2.41. The van der Waals surface area contributed by atoms with Gasteiger partial charge < -0.3 is 16.0 Å². The molecule has 4 nitrogen and oxygen atoms in total. The predicted molar refractivity (Wildman–Crippen MR) is 82.5 cm³/mol. The van der Waals surface area contributed by atoms with Gasteiger partial charge in [0.2, 0.25) is 5.91 Å². The lowest BCUT2D eigenvalue weighted by molar-refractivity contribution is -0.122. The van der Waals surface area contributed by atoms with Crippen LogP contribution in [0.15, 0.2) is 0 Å². The van der Waals surface area contributed by atoms with Crippen LogP contribution in [0.5, 0.6) is 0 Å². The number of hydrogen-bond donors (Lipinski definition) is 2. The number of piperidine rings is 1. The van der Waals surface area contributed by atoms with E-state index < -0.39 is 0 Å². The van der Waals surface area contributed by atoms with Crippen LogP contribution in [0.3, 0.4) is 0 Å². The molecule has 0 bridgehead atoms. The van der Waals surface area contributed by atoms with Crippen LogP contribution < -0.4 is 11.1 Å². The number of amides is 1. The Morgan fingerprint density at radius 3 is 2.70 bits per heavy atom. The Hall–Kier alpha value is -0.610. The molecule has 2 aliphatic rings. The van der Waals surface area contributed by atoms with Crippen LogP contribution in [0.25, 0.3) is 0 Å². The quantitative estimate of drug-likeness (QED) is 0.781. The van der Waals surface area contributed by atoms with Crippen molar-refractivity contribution in [1.82, 2.24) is 10.2 Å². The van der Waals surface area contributed by atoms with Crippen molar-refractivity contribution in [1.29, 1.82) is 0 Å². The molecule has 1 saturated carbocycles. The lowest BCUT2D eigenvalue weighted by atomic mass is 9.94. The standard InChI is InChI=1S/C16H31N3O/c17-10-8-14-5-4-11-19(13-14)12-9-16(20)18-15-6-2-1-3-7-15/h14-15H,1-13,17H2,(H,18,20). The fourth-order valence-electron chi connectivity index (χ4n) is 3.63. The van der Waals surface area contributed by atoms with Gasteiger partial charge in [-0.1, -0.05) is 19.3 Å². The van der Waals surface area contributed by atoms with Gasteiger partial charge in [-0.25, -0.2) is 0 Å². The molecule has 1 atom stereocenters. The zero-order valence-electron chi connectivity index (χ0n) is 12.8. The van der Waals surface area contributed by atoms with Gasteiger partial charge >= 0.3 is 0 Å². The molecule has 0 aromatic heterocycles. The fraction of sp³-hybridized carbons (Fsp3) is 0.938. The molecule has 116 valence electrons. The van der Waals surface area contributed by atoms with Crippen LogP contribution in [-0.4, -0.2) is 43.0 Å². The highest BCUT2D eigenvalue weighted by molar-refractivity contribution is 5.76. The van der Waals surface area contributed by atoms with Crippen molar-refractivity contribution in [2.45, 2.75) is 63.8 Å². The first kappa shape index (κ1) is 15.8. The summed E-state index contributed by atoms with van der Waals surface area (Å²) in [4.78, 5) is 14.5. The average molecular weight is 281 g/mol. The van der Waals surface area contributed by atoms with Crippen LogP contribution >= 0.6 is 0 Å². The summed E-state index contributed by atoms with van der Waals surface area (Å²) < 4.78 is 0. The highest BCUT2D eigenvalue weighted by Gasteiger charge is 2.20. The molecule has 2 fully saturated rings. The molecular formula is C16H31N3O. The third-order valence-corrected chi connectivity index (χ3v) is 4.80. The highest BCUT2D eigenvalue weighted by Crippen LogP contribution is 2.19. The second-order valence-electron chi connectivity index (χ2n) is 6.54. The molecule has 4 heteroatoms. The SMILES string of the molecule is NCCC1CCCN(CCC(=O)NC2CCCCC2)C1. The van der Waals surface area contributed by atoms with E-state index in [1.807, 2.05) is 0 Å². The van der Waals surface area contributed by atoms with E-state index in [1.165, 1.54) is 44.9 Å². The highest BCUT2D eigenvalue weighted by atomic mass is 16.1. The van der Waals surface area contributed by atoms with Crippen molar-refractivity contribution in [2.75, 3.05) is 26.2 Å². The van der Waals surface area contributed by atoms with Crippen molar-refractivity contribution >= 4 is 5.91 Å². The summed E-state index contributed by atoms with van der Waals surface area (Å²) in [6.45, 7) is 3.99. The Labute approximate surface area is 123 Å². The van der Waals surface area contributed by atoms with Crippen molar-refractivity contribution in [3.63, 3.8) is 0 Å². The van der Waals surface area contributed by atoms with Crippen molar-refractivity contribution in [3.8, 4) is 0 Å².